The van der Waals surface area contributed by atoms with Crippen molar-refractivity contribution in [2.24, 2.45) is 11.8 Å². The second kappa shape index (κ2) is 10.4. The van der Waals surface area contributed by atoms with E-state index in [1.165, 1.54) is 24.8 Å². The van der Waals surface area contributed by atoms with Crippen molar-refractivity contribution in [2.45, 2.75) is 77.7 Å². The summed E-state index contributed by atoms with van der Waals surface area (Å²) in [5.41, 5.74) is 1.92. The average Bonchev–Trinajstić information content (AvgIpc) is 2.72. The highest BCUT2D eigenvalue weighted by Gasteiger charge is 2.29. The first-order valence-corrected chi connectivity index (χ1v) is 11.0. The molecule has 0 bridgehead atoms. The lowest BCUT2D eigenvalue weighted by Crippen LogP contribution is -2.30. The molecule has 0 aromatic heterocycles. The molecule has 1 aliphatic carbocycles. The first kappa shape index (κ1) is 21.3. The molecule has 156 valence electrons. The highest BCUT2D eigenvalue weighted by atomic mass is 19.2. The molecule has 1 aromatic rings. The zero-order valence-electron chi connectivity index (χ0n) is 17.3. The minimum absolute atomic E-state index is 0.00730. The summed E-state index contributed by atoms with van der Waals surface area (Å²) in [6, 6.07) is 3.22. The molecule has 2 nitrogen and oxygen atoms in total. The summed E-state index contributed by atoms with van der Waals surface area (Å²) < 4.78 is 39.5. The van der Waals surface area contributed by atoms with Crippen LogP contribution in [0.15, 0.2) is 23.8 Å². The Kier molecular flexibility index (Phi) is 7.90. The summed E-state index contributed by atoms with van der Waals surface area (Å²) in [5, 5.41) is 0. The summed E-state index contributed by atoms with van der Waals surface area (Å²) in [5.74, 6) is -0.346. The van der Waals surface area contributed by atoms with Crippen LogP contribution in [0.2, 0.25) is 0 Å². The van der Waals surface area contributed by atoms with Gasteiger partial charge in [0, 0.05) is 0 Å². The Balaban J connectivity index is 1.45. The van der Waals surface area contributed by atoms with Crippen molar-refractivity contribution in [2.75, 3.05) is 13.2 Å². The van der Waals surface area contributed by atoms with Gasteiger partial charge in [-0.3, -0.25) is 0 Å². The highest BCUT2D eigenvalue weighted by Crippen LogP contribution is 2.37. The van der Waals surface area contributed by atoms with Gasteiger partial charge in [-0.05, 0) is 74.5 Å². The van der Waals surface area contributed by atoms with Crippen LogP contribution in [-0.2, 0) is 11.2 Å². The standard InChI is InChI=1S/C24H34F2O2/c1-3-5-18-9-14-21(28-16-18)19-10-6-17(7-11-19)8-12-20-13-15-22(27-4-2)24(26)23(20)25/h9,13,15,17,19,21H,3-8,10-12,14,16H2,1-2H3. The number of ether oxygens (including phenoxy) is 2. The molecule has 2 aliphatic rings. The molecular formula is C24H34F2O2. The van der Waals surface area contributed by atoms with Gasteiger partial charge in [0.15, 0.2) is 11.6 Å². The fourth-order valence-electron chi connectivity index (χ4n) is 4.69. The number of hydrogen-bond donors (Lipinski definition) is 0. The van der Waals surface area contributed by atoms with Crippen LogP contribution in [0.3, 0.4) is 0 Å². The minimum Gasteiger partial charge on any atom is -0.491 e. The lowest BCUT2D eigenvalue weighted by atomic mass is 9.76. The van der Waals surface area contributed by atoms with Crippen molar-refractivity contribution in [3.63, 3.8) is 0 Å². The van der Waals surface area contributed by atoms with Gasteiger partial charge < -0.3 is 9.47 Å². The van der Waals surface area contributed by atoms with Gasteiger partial charge in [-0.25, -0.2) is 4.39 Å². The third-order valence-corrected chi connectivity index (χ3v) is 6.36. The number of rotatable bonds is 8. The van der Waals surface area contributed by atoms with Crippen LogP contribution in [0.25, 0.3) is 0 Å². The van der Waals surface area contributed by atoms with Crippen LogP contribution in [0, 0.1) is 23.5 Å². The van der Waals surface area contributed by atoms with Gasteiger partial charge in [0.2, 0.25) is 5.82 Å². The molecule has 28 heavy (non-hydrogen) atoms. The minimum atomic E-state index is -0.854. The van der Waals surface area contributed by atoms with E-state index in [0.29, 0.717) is 36.5 Å². The number of halogens is 2. The van der Waals surface area contributed by atoms with Crippen LogP contribution in [0.1, 0.15) is 70.8 Å². The number of benzene rings is 1. The van der Waals surface area contributed by atoms with Crippen LogP contribution < -0.4 is 4.74 Å². The zero-order valence-corrected chi connectivity index (χ0v) is 17.3. The maximum absolute atomic E-state index is 14.3. The van der Waals surface area contributed by atoms with Gasteiger partial charge in [0.1, 0.15) is 0 Å². The lowest BCUT2D eigenvalue weighted by Gasteiger charge is -2.35. The van der Waals surface area contributed by atoms with Crippen LogP contribution in [0.4, 0.5) is 8.78 Å². The van der Waals surface area contributed by atoms with Crippen molar-refractivity contribution < 1.29 is 18.3 Å². The third-order valence-electron chi connectivity index (χ3n) is 6.36. The molecule has 0 amide bonds. The second-order valence-corrected chi connectivity index (χ2v) is 8.30. The van der Waals surface area contributed by atoms with Gasteiger partial charge in [0.05, 0.1) is 19.3 Å². The number of hydrogen-bond acceptors (Lipinski definition) is 2. The molecule has 3 rings (SSSR count). The van der Waals surface area contributed by atoms with Crippen LogP contribution in [-0.4, -0.2) is 19.3 Å². The normalized spacial score (nSPS) is 25.4. The summed E-state index contributed by atoms with van der Waals surface area (Å²) in [7, 11) is 0. The molecule has 1 aromatic carbocycles. The summed E-state index contributed by atoms with van der Waals surface area (Å²) in [6.07, 6.45) is 12.4. The summed E-state index contributed by atoms with van der Waals surface area (Å²) >= 11 is 0. The molecule has 0 spiro atoms. The quantitative estimate of drug-likeness (QED) is 0.463. The van der Waals surface area contributed by atoms with Crippen molar-refractivity contribution in [3.05, 3.63) is 41.0 Å². The van der Waals surface area contributed by atoms with E-state index >= 15 is 0 Å². The topological polar surface area (TPSA) is 18.5 Å². The smallest absolute Gasteiger partial charge is 0.200 e. The van der Waals surface area contributed by atoms with Crippen LogP contribution >= 0.6 is 0 Å². The van der Waals surface area contributed by atoms with E-state index in [-0.39, 0.29) is 5.75 Å². The molecule has 1 fully saturated rings. The number of aryl methyl sites for hydroxylation is 1. The van der Waals surface area contributed by atoms with Crippen molar-refractivity contribution in [1.82, 2.24) is 0 Å². The highest BCUT2D eigenvalue weighted by molar-refractivity contribution is 5.31. The van der Waals surface area contributed by atoms with Gasteiger partial charge >= 0.3 is 0 Å². The van der Waals surface area contributed by atoms with Crippen LogP contribution in [0.5, 0.6) is 5.75 Å². The molecule has 1 heterocycles. The fraction of sp³-hybridized carbons (Fsp3) is 0.667. The lowest BCUT2D eigenvalue weighted by molar-refractivity contribution is -0.000113. The molecule has 1 aliphatic heterocycles. The van der Waals surface area contributed by atoms with E-state index in [1.54, 1.807) is 19.1 Å². The van der Waals surface area contributed by atoms with Crippen molar-refractivity contribution in [1.29, 1.82) is 0 Å². The SMILES string of the molecule is CCCC1=CCC(C2CCC(CCc3ccc(OCC)c(F)c3F)CC2)OC1. The van der Waals surface area contributed by atoms with Gasteiger partial charge in [-0.15, -0.1) is 0 Å². The average molecular weight is 393 g/mol. The molecule has 0 saturated heterocycles. The van der Waals surface area contributed by atoms with Gasteiger partial charge in [-0.1, -0.05) is 38.3 Å². The Labute approximate surface area is 168 Å². The predicted octanol–water partition coefficient (Wildman–Crippen LogP) is 6.62. The van der Waals surface area contributed by atoms with E-state index < -0.39 is 11.6 Å². The second-order valence-electron chi connectivity index (χ2n) is 8.30. The van der Waals surface area contributed by atoms with E-state index in [2.05, 4.69) is 13.0 Å². The fourth-order valence-corrected chi connectivity index (χ4v) is 4.69. The molecule has 0 N–H and O–H groups in total. The summed E-state index contributed by atoms with van der Waals surface area (Å²) in [4.78, 5) is 0. The maximum Gasteiger partial charge on any atom is 0.200 e. The van der Waals surface area contributed by atoms with E-state index in [1.807, 2.05) is 0 Å². The van der Waals surface area contributed by atoms with Crippen molar-refractivity contribution >= 4 is 0 Å². The molecule has 1 saturated carbocycles. The monoisotopic (exact) mass is 392 g/mol. The summed E-state index contributed by atoms with van der Waals surface area (Å²) in [6.45, 7) is 5.11. The Morgan fingerprint density at radius 1 is 1.04 bits per heavy atom. The maximum atomic E-state index is 14.3. The molecule has 0 radical (unpaired) electrons. The molecule has 1 atom stereocenters. The third kappa shape index (κ3) is 5.34. The first-order valence-electron chi connectivity index (χ1n) is 11.0. The van der Waals surface area contributed by atoms with Gasteiger partial charge in [0.25, 0.3) is 0 Å². The van der Waals surface area contributed by atoms with Gasteiger partial charge in [-0.2, -0.15) is 4.39 Å². The Morgan fingerprint density at radius 2 is 1.82 bits per heavy atom. The molecule has 1 unspecified atom stereocenters. The van der Waals surface area contributed by atoms with E-state index in [4.69, 9.17) is 9.47 Å². The van der Waals surface area contributed by atoms with Crippen molar-refractivity contribution in [3.8, 4) is 5.75 Å². The molecule has 4 heteroatoms. The van der Waals surface area contributed by atoms with E-state index in [9.17, 15) is 8.78 Å². The first-order chi connectivity index (χ1) is 13.6. The largest absolute Gasteiger partial charge is 0.491 e. The Morgan fingerprint density at radius 3 is 2.46 bits per heavy atom. The molecular weight excluding hydrogens is 358 g/mol. The Bertz CT molecular complexity index is 663. The Hall–Kier alpha value is -1.42. The zero-order chi connectivity index (χ0) is 19.9. The predicted molar refractivity (Wildman–Crippen MR) is 109 cm³/mol. The van der Waals surface area contributed by atoms with E-state index in [0.717, 1.165) is 38.7 Å².